The summed E-state index contributed by atoms with van der Waals surface area (Å²) in [4.78, 5) is 62.3. The van der Waals surface area contributed by atoms with Gasteiger partial charge >= 0.3 is 29.8 Å². The maximum Gasteiger partial charge on any atom is 0.333 e. The number of cyclic esters (lactones) is 1. The molecule has 1 saturated heterocycles. The molecule has 11 nitrogen and oxygen atoms in total. The molecule has 42 heavy (non-hydrogen) atoms. The molecule has 4 aliphatic rings. The fraction of sp³-hybridized carbons (Fsp3) is 0.710. The first-order valence-corrected chi connectivity index (χ1v) is 14.5. The van der Waals surface area contributed by atoms with Crippen molar-refractivity contribution in [2.75, 3.05) is 19.8 Å². The predicted octanol–water partition coefficient (Wildman–Crippen LogP) is 3.38. The van der Waals surface area contributed by atoms with Gasteiger partial charge in [0.1, 0.15) is 37.1 Å². The number of carbonyl (C=O) groups is 5. The number of rotatable bonds is 9. The topological polar surface area (TPSA) is 144 Å². The summed E-state index contributed by atoms with van der Waals surface area (Å²) in [6, 6.07) is 0. The van der Waals surface area contributed by atoms with Crippen LogP contribution in [-0.4, -0.2) is 73.6 Å². The van der Waals surface area contributed by atoms with Gasteiger partial charge in [-0.1, -0.05) is 19.9 Å². The highest BCUT2D eigenvalue weighted by Crippen LogP contribution is 2.70. The van der Waals surface area contributed by atoms with Crippen LogP contribution in [0.5, 0.6) is 0 Å². The molecule has 0 aromatic rings. The van der Waals surface area contributed by atoms with Crippen molar-refractivity contribution in [1.29, 1.82) is 0 Å². The Kier molecular flexibility index (Phi) is 8.92. The molecule has 232 valence electrons. The van der Waals surface area contributed by atoms with Gasteiger partial charge < -0.3 is 28.4 Å². The molecule has 0 radical (unpaired) electrons. The van der Waals surface area contributed by atoms with Crippen LogP contribution in [0.25, 0.3) is 0 Å². The van der Waals surface area contributed by atoms with Crippen LogP contribution in [0.15, 0.2) is 23.3 Å². The Bertz CT molecular complexity index is 1200. The summed E-state index contributed by atoms with van der Waals surface area (Å²) < 4.78 is 35.2. The van der Waals surface area contributed by atoms with Crippen molar-refractivity contribution in [3.8, 4) is 0 Å². The van der Waals surface area contributed by atoms with Crippen LogP contribution in [0.2, 0.25) is 0 Å². The van der Waals surface area contributed by atoms with E-state index in [1.807, 2.05) is 0 Å². The first-order valence-electron chi connectivity index (χ1n) is 14.5. The number of esters is 5. The zero-order chi connectivity index (χ0) is 31.0. The van der Waals surface area contributed by atoms with Gasteiger partial charge in [0.15, 0.2) is 0 Å². The van der Waals surface area contributed by atoms with E-state index in [2.05, 4.69) is 13.8 Å². The SMILES string of the molecule is CC=C(C)C(=O)OCC12C(OC(C)=O)CC(C)C(C)(CCC3=CC(=O)OC3)C1C(OC(C)=O)CC(OC(C)=O)C21CO1. The quantitative estimate of drug-likeness (QED) is 0.169. The van der Waals surface area contributed by atoms with Crippen LogP contribution in [0.1, 0.15) is 74.1 Å². The lowest BCUT2D eigenvalue weighted by Crippen LogP contribution is -2.74. The highest BCUT2D eigenvalue weighted by atomic mass is 16.6. The molecule has 4 rings (SSSR count). The lowest BCUT2D eigenvalue weighted by Gasteiger charge is -2.65. The normalized spacial score (nSPS) is 37.2. The minimum Gasteiger partial charge on any atom is -0.462 e. The van der Waals surface area contributed by atoms with Crippen molar-refractivity contribution in [1.82, 2.24) is 0 Å². The van der Waals surface area contributed by atoms with Crippen LogP contribution in [-0.2, 0) is 52.4 Å². The number of hydrogen-bond donors (Lipinski definition) is 0. The number of epoxide rings is 1. The van der Waals surface area contributed by atoms with E-state index < -0.39 is 64.5 Å². The number of carbonyl (C=O) groups excluding carboxylic acids is 5. The van der Waals surface area contributed by atoms with Crippen molar-refractivity contribution >= 4 is 29.8 Å². The second kappa shape index (κ2) is 11.8. The third-order valence-corrected chi connectivity index (χ3v) is 9.95. The number of fused-ring (bicyclic) bond motifs is 2. The maximum absolute atomic E-state index is 13.1. The summed E-state index contributed by atoms with van der Waals surface area (Å²) in [6.07, 6.45) is 2.36. The van der Waals surface area contributed by atoms with Gasteiger partial charge in [0, 0.05) is 44.8 Å². The second-order valence-electron chi connectivity index (χ2n) is 12.4. The Balaban J connectivity index is 1.91. The Morgan fingerprint density at radius 2 is 1.62 bits per heavy atom. The largest absolute Gasteiger partial charge is 0.462 e. The number of hydrogen-bond acceptors (Lipinski definition) is 11. The number of ether oxygens (including phenoxy) is 6. The summed E-state index contributed by atoms with van der Waals surface area (Å²) in [7, 11) is 0. The lowest BCUT2D eigenvalue weighted by atomic mass is 9.41. The molecule has 8 atom stereocenters. The number of allylic oxidation sites excluding steroid dienone is 1. The molecule has 2 heterocycles. The Morgan fingerprint density at radius 1 is 1.00 bits per heavy atom. The third kappa shape index (κ3) is 5.59. The first-order chi connectivity index (χ1) is 19.7. The molecule has 3 fully saturated rings. The van der Waals surface area contributed by atoms with Crippen LogP contribution in [0, 0.1) is 22.7 Å². The zero-order valence-corrected chi connectivity index (χ0v) is 25.5. The third-order valence-electron chi connectivity index (χ3n) is 9.95. The second-order valence-corrected chi connectivity index (χ2v) is 12.4. The van der Waals surface area contributed by atoms with Gasteiger partial charge in [-0.2, -0.15) is 0 Å². The van der Waals surface area contributed by atoms with E-state index in [0.717, 1.165) is 5.57 Å². The van der Waals surface area contributed by atoms with Crippen molar-refractivity contribution in [3.63, 3.8) is 0 Å². The van der Waals surface area contributed by atoms with E-state index in [0.29, 0.717) is 24.8 Å². The van der Waals surface area contributed by atoms with E-state index in [1.165, 1.54) is 26.8 Å². The van der Waals surface area contributed by atoms with Gasteiger partial charge in [-0.05, 0) is 50.0 Å². The van der Waals surface area contributed by atoms with Crippen molar-refractivity contribution in [3.05, 3.63) is 23.3 Å². The highest BCUT2D eigenvalue weighted by molar-refractivity contribution is 5.87. The average Bonchev–Trinajstić information content (AvgIpc) is 3.60. The molecule has 2 aliphatic heterocycles. The molecule has 8 unspecified atom stereocenters. The first kappa shape index (κ1) is 31.7. The van der Waals surface area contributed by atoms with Gasteiger partial charge in [-0.3, -0.25) is 14.4 Å². The Hall–Kier alpha value is -3.21. The van der Waals surface area contributed by atoms with Gasteiger partial charge in [0.25, 0.3) is 0 Å². The lowest BCUT2D eigenvalue weighted by molar-refractivity contribution is -0.275. The van der Waals surface area contributed by atoms with Crippen molar-refractivity contribution in [2.45, 2.75) is 98.1 Å². The predicted molar refractivity (Wildman–Crippen MR) is 146 cm³/mol. The Labute approximate surface area is 246 Å². The molecular weight excluding hydrogens is 548 g/mol. The van der Waals surface area contributed by atoms with E-state index in [4.69, 9.17) is 28.4 Å². The molecule has 1 spiro atoms. The average molecular weight is 591 g/mol. The monoisotopic (exact) mass is 590 g/mol. The smallest absolute Gasteiger partial charge is 0.333 e. The van der Waals surface area contributed by atoms with Crippen molar-refractivity contribution in [2.24, 2.45) is 22.7 Å². The zero-order valence-electron chi connectivity index (χ0n) is 25.5. The summed E-state index contributed by atoms with van der Waals surface area (Å²) in [6.45, 7) is 11.6. The van der Waals surface area contributed by atoms with E-state index in [9.17, 15) is 24.0 Å². The molecule has 2 saturated carbocycles. The summed E-state index contributed by atoms with van der Waals surface area (Å²) >= 11 is 0. The van der Waals surface area contributed by atoms with Gasteiger partial charge in [-0.15, -0.1) is 0 Å². The van der Waals surface area contributed by atoms with E-state index in [-0.39, 0.29) is 38.1 Å². The minimum atomic E-state index is -1.24. The van der Waals surface area contributed by atoms with Gasteiger partial charge in [-0.25, -0.2) is 9.59 Å². The van der Waals surface area contributed by atoms with E-state index in [1.54, 1.807) is 19.9 Å². The summed E-state index contributed by atoms with van der Waals surface area (Å²) in [5.41, 5.74) is -1.74. The fourth-order valence-electron chi connectivity index (χ4n) is 7.70. The van der Waals surface area contributed by atoms with Crippen LogP contribution in [0.4, 0.5) is 0 Å². The Morgan fingerprint density at radius 3 is 2.14 bits per heavy atom. The van der Waals surface area contributed by atoms with Crippen LogP contribution in [0.3, 0.4) is 0 Å². The molecule has 11 heteroatoms. The van der Waals surface area contributed by atoms with Gasteiger partial charge in [0.05, 0.1) is 12.0 Å². The molecule has 0 amide bonds. The molecule has 0 aromatic heterocycles. The molecule has 0 bridgehead atoms. The van der Waals surface area contributed by atoms with Crippen LogP contribution >= 0.6 is 0 Å². The summed E-state index contributed by atoms with van der Waals surface area (Å²) in [5, 5.41) is 0. The van der Waals surface area contributed by atoms with Gasteiger partial charge in [0.2, 0.25) is 0 Å². The molecule has 0 N–H and O–H groups in total. The standard InChI is InChI=1S/C31H42O11/c1-8-17(2)28(36)38-15-30-24(41-20(5)33)11-18(3)29(7,10-9-22-12-26(35)37-14-22)27(30)23(40-19(4)32)13-25(42-21(6)34)31(30)16-39-31/h8,12,18,23-25,27H,9-11,13-16H2,1-7H3. The molecular formula is C31H42O11. The maximum atomic E-state index is 13.1. The van der Waals surface area contributed by atoms with Crippen molar-refractivity contribution < 1.29 is 52.4 Å². The fourth-order valence-corrected chi connectivity index (χ4v) is 7.70. The van der Waals surface area contributed by atoms with Crippen LogP contribution < -0.4 is 0 Å². The highest BCUT2D eigenvalue weighted by Gasteiger charge is 2.81. The molecule has 0 aromatic carbocycles. The van der Waals surface area contributed by atoms with E-state index >= 15 is 0 Å². The molecule has 2 aliphatic carbocycles. The minimum absolute atomic E-state index is 0.0642. The summed E-state index contributed by atoms with van der Waals surface area (Å²) in [5.74, 6) is -3.13.